The van der Waals surface area contributed by atoms with E-state index in [9.17, 15) is 34.5 Å². The topological polar surface area (TPSA) is 185 Å². The summed E-state index contributed by atoms with van der Waals surface area (Å²) in [4.78, 5) is 54.8. The molecule has 5 rings (SSSR count). The first-order chi connectivity index (χ1) is 21.3. The van der Waals surface area contributed by atoms with Crippen molar-refractivity contribution in [1.29, 1.82) is 0 Å². The molecule has 2 fully saturated rings. The molecule has 2 aromatic heterocycles. The normalized spacial score (nSPS) is 25.2. The third kappa shape index (κ3) is 6.30. The van der Waals surface area contributed by atoms with Gasteiger partial charge in [-0.1, -0.05) is 25.7 Å². The first-order valence-corrected chi connectivity index (χ1v) is 16.0. The Morgan fingerprint density at radius 3 is 2.38 bits per heavy atom. The second kappa shape index (κ2) is 12.6. The summed E-state index contributed by atoms with van der Waals surface area (Å²) in [6, 6.07) is -0.698. The van der Waals surface area contributed by atoms with Crippen molar-refractivity contribution in [2.75, 3.05) is 5.75 Å². The van der Waals surface area contributed by atoms with Gasteiger partial charge in [-0.3, -0.25) is 19.2 Å². The number of aliphatic hydroxyl groups is 1. The molecule has 3 aliphatic heterocycles. The van der Waals surface area contributed by atoms with Crippen molar-refractivity contribution < 1.29 is 34.5 Å². The summed E-state index contributed by atoms with van der Waals surface area (Å²) in [6.07, 6.45) is 5.47. The van der Waals surface area contributed by atoms with Crippen LogP contribution in [0.15, 0.2) is 29.5 Å². The largest absolute Gasteiger partial charge is 0.481 e. The maximum absolute atomic E-state index is 12.6. The number of aromatic amines is 2. The van der Waals surface area contributed by atoms with Crippen molar-refractivity contribution >= 4 is 53.7 Å². The molecule has 0 spiro atoms. The molecule has 7 N–H and O–H groups in total. The molecule has 0 aromatic carbocycles. The summed E-state index contributed by atoms with van der Waals surface area (Å²) < 4.78 is 0. The molecule has 238 valence electrons. The Hall–Kier alpha value is -4.29. The summed E-state index contributed by atoms with van der Waals surface area (Å²) in [6.45, 7) is 11.1. The zero-order chi connectivity index (χ0) is 32.7. The zero-order valence-electron chi connectivity index (χ0n) is 25.7. The van der Waals surface area contributed by atoms with Crippen LogP contribution < -0.4 is 21.2 Å². The molecule has 0 radical (unpaired) electrons. The maximum Gasteiger partial charge on any atom is 0.307 e. The fourth-order valence-electron chi connectivity index (χ4n) is 6.46. The quantitative estimate of drug-likeness (QED) is 0.109. The van der Waals surface area contributed by atoms with Crippen molar-refractivity contribution in [3.8, 4) is 0 Å². The molecule has 3 aliphatic rings. The predicted octanol–water partition coefficient (Wildman–Crippen LogP) is 1.02. The highest BCUT2D eigenvalue weighted by Gasteiger charge is 2.52. The Balaban J connectivity index is 1.64. The lowest BCUT2D eigenvalue weighted by atomic mass is 9.92. The second-order valence-electron chi connectivity index (χ2n) is 11.9. The molecule has 45 heavy (non-hydrogen) atoms. The van der Waals surface area contributed by atoms with Gasteiger partial charge in [0.15, 0.2) is 11.0 Å². The van der Waals surface area contributed by atoms with Crippen molar-refractivity contribution in [2.45, 2.75) is 64.4 Å². The van der Waals surface area contributed by atoms with Crippen molar-refractivity contribution in [1.82, 2.24) is 20.6 Å². The van der Waals surface area contributed by atoms with Gasteiger partial charge >= 0.3 is 11.9 Å². The number of aromatic nitrogens is 2. The highest BCUT2D eigenvalue weighted by Crippen LogP contribution is 2.38. The third-order valence-electron chi connectivity index (χ3n) is 9.10. The molecule has 5 heterocycles. The number of allylic oxidation sites excluding steroid dienone is 1. The number of thiol groups is 1. The monoisotopic (exact) mass is 635 g/mol. The number of H-pyrrole nitrogens is 2. The lowest BCUT2D eigenvalue weighted by molar-refractivity contribution is -0.137. The molecule has 11 nitrogen and oxygen atoms in total. The Morgan fingerprint density at radius 2 is 1.78 bits per heavy atom. The van der Waals surface area contributed by atoms with Crippen LogP contribution in [0.1, 0.15) is 66.6 Å². The van der Waals surface area contributed by atoms with Gasteiger partial charge in [-0.25, -0.2) is 0 Å². The number of carbonyl (C=O) groups is 4. The van der Waals surface area contributed by atoms with Crippen LogP contribution in [0.2, 0.25) is 0 Å². The van der Waals surface area contributed by atoms with E-state index in [1.807, 2.05) is 19.9 Å². The summed E-state index contributed by atoms with van der Waals surface area (Å²) in [5.41, 5.74) is 5.77. The van der Waals surface area contributed by atoms with E-state index < -0.39 is 24.1 Å². The smallest absolute Gasteiger partial charge is 0.307 e. The van der Waals surface area contributed by atoms with Gasteiger partial charge in [-0.2, -0.15) is 0 Å². The number of hydrogen-bond donors (Lipinski definition) is 7. The highest BCUT2D eigenvalue weighted by atomic mass is 32.2. The number of hydrogen-bond acceptors (Lipinski definition) is 5. The molecule has 5 atom stereocenters. The van der Waals surface area contributed by atoms with E-state index in [4.69, 9.17) is 0 Å². The van der Waals surface area contributed by atoms with E-state index >= 15 is 0 Å². The minimum absolute atomic E-state index is 0.0122. The van der Waals surface area contributed by atoms with Crippen molar-refractivity contribution in [3.63, 3.8) is 0 Å². The van der Waals surface area contributed by atoms with E-state index in [1.165, 1.54) is 17.8 Å². The lowest BCUT2D eigenvalue weighted by Gasteiger charge is -2.20. The minimum atomic E-state index is -1.15. The molecule has 0 bridgehead atoms. The fraction of sp³-hybridized carbons (Fsp3) is 0.394. The Morgan fingerprint density at radius 1 is 1.07 bits per heavy atom. The molecular formula is C33H39N4O7S+. The predicted molar refractivity (Wildman–Crippen MR) is 173 cm³/mol. The number of carboxylic acid groups (broad SMARTS) is 2. The van der Waals surface area contributed by atoms with Crippen LogP contribution in [0.3, 0.4) is 0 Å². The van der Waals surface area contributed by atoms with Gasteiger partial charge < -0.3 is 35.9 Å². The van der Waals surface area contributed by atoms with Crippen LogP contribution >= 0.6 is 0 Å². The number of carboxylic acids is 2. The van der Waals surface area contributed by atoms with E-state index in [0.29, 0.717) is 49.5 Å². The SMILES string of the molecule is C=CC1=C(C)[C@@H]([C@H](O)c2[nH]c(/C=c3\[nH]c(/C=C4\NC(=O)[C@H](C)[C@H]4[C@H]4C[SH+]4)c(C)\c3=C/CC(=O)O)c(CCC(=O)O)c2C)NC1=O. The number of amides is 2. The molecule has 0 unspecified atom stereocenters. The highest BCUT2D eigenvalue weighted by molar-refractivity contribution is 7.86. The number of rotatable bonds is 11. The van der Waals surface area contributed by atoms with Crippen LogP contribution in [-0.2, 0) is 37.4 Å². The Bertz CT molecular complexity index is 1790. The number of nitrogens with one attached hydrogen (secondary N) is 4. The first-order valence-electron chi connectivity index (χ1n) is 14.9. The Labute approximate surface area is 264 Å². The summed E-state index contributed by atoms with van der Waals surface area (Å²) >= 11 is 1.33. The average molecular weight is 636 g/mol. The van der Waals surface area contributed by atoms with E-state index in [0.717, 1.165) is 22.7 Å². The molecule has 12 heteroatoms. The van der Waals surface area contributed by atoms with E-state index in [1.54, 1.807) is 26.0 Å². The molecule has 2 aromatic rings. The average Bonchev–Trinajstić information content (AvgIpc) is 3.53. The number of carbonyl (C=O) groups excluding carboxylic acids is 2. The summed E-state index contributed by atoms with van der Waals surface area (Å²) in [5, 5.41) is 37.9. The number of aliphatic carboxylic acids is 2. The van der Waals surface area contributed by atoms with Gasteiger partial charge in [0, 0.05) is 40.3 Å². The molecular weight excluding hydrogens is 596 g/mol. The van der Waals surface area contributed by atoms with Gasteiger partial charge in [0.1, 0.15) is 6.10 Å². The standard InChI is InChI=1S/C33H38N4O7S/c1-6-18-15(3)30(37-33(18)44)31(42)29-16(4)20(8-10-27(40)41)23(35-29)12-22-19(7-9-26(38)39)14(2)21(34-22)11-24-28(25-13-45-25)17(5)32(43)36-24/h6-7,11-12,17,25,28,30-31,34-35,42H,1,8-10,13H2,2-5H3,(H,36,43)(H,37,44)(H,38,39)(H,40,41)/p+1/b19-7+,22-12-,24-11-/t17-,25-,28-,30+,31-/m1/s1. The van der Waals surface area contributed by atoms with E-state index in [2.05, 4.69) is 27.2 Å². The van der Waals surface area contributed by atoms with Gasteiger partial charge in [0.05, 0.1) is 24.1 Å². The molecule has 2 saturated heterocycles. The fourth-order valence-corrected chi connectivity index (χ4v) is 7.45. The number of aliphatic hydroxyl groups excluding tert-OH is 1. The van der Waals surface area contributed by atoms with Crippen molar-refractivity contribution in [3.05, 3.63) is 73.8 Å². The van der Waals surface area contributed by atoms with Gasteiger partial charge in [-0.05, 0) is 78.6 Å². The van der Waals surface area contributed by atoms with Crippen LogP contribution in [0, 0.1) is 25.7 Å². The second-order valence-corrected chi connectivity index (χ2v) is 13.3. The van der Waals surface area contributed by atoms with Gasteiger partial charge in [-0.15, -0.1) is 0 Å². The maximum atomic E-state index is 12.6. The third-order valence-corrected chi connectivity index (χ3v) is 10.2. The van der Waals surface area contributed by atoms with Gasteiger partial charge in [0.2, 0.25) is 5.91 Å². The Kier molecular flexibility index (Phi) is 8.99. The zero-order valence-corrected chi connectivity index (χ0v) is 26.5. The minimum Gasteiger partial charge on any atom is -0.481 e. The van der Waals surface area contributed by atoms with Crippen LogP contribution in [-0.4, -0.2) is 66.1 Å². The van der Waals surface area contributed by atoms with Crippen LogP contribution in [0.5, 0.6) is 0 Å². The van der Waals surface area contributed by atoms with Crippen molar-refractivity contribution in [2.24, 2.45) is 11.8 Å². The van der Waals surface area contributed by atoms with Crippen LogP contribution in [0.25, 0.3) is 18.2 Å². The summed E-state index contributed by atoms with van der Waals surface area (Å²) in [7, 11) is 0. The first kappa shape index (κ1) is 32.1. The summed E-state index contributed by atoms with van der Waals surface area (Å²) in [5.74, 6) is -1.29. The molecule has 2 amide bonds. The molecule has 0 aliphatic carbocycles. The van der Waals surface area contributed by atoms with Gasteiger partial charge in [0.25, 0.3) is 5.91 Å². The van der Waals surface area contributed by atoms with Crippen LogP contribution in [0.4, 0.5) is 0 Å². The molecule has 0 saturated carbocycles. The van der Waals surface area contributed by atoms with E-state index in [-0.39, 0.29) is 42.9 Å². The lowest BCUT2D eigenvalue weighted by Crippen LogP contribution is -2.34.